The van der Waals surface area contributed by atoms with Crippen LogP contribution < -0.4 is 5.32 Å². The zero-order chi connectivity index (χ0) is 23.6. The van der Waals surface area contributed by atoms with E-state index in [2.05, 4.69) is 12.2 Å². The lowest BCUT2D eigenvalue weighted by molar-refractivity contribution is 0.0588. The summed E-state index contributed by atoms with van der Waals surface area (Å²) in [4.78, 5) is 12.3. The molecule has 0 spiro atoms. The van der Waals surface area contributed by atoms with E-state index in [1.807, 2.05) is 41.1 Å². The van der Waals surface area contributed by atoms with Crippen molar-refractivity contribution >= 4 is 11.7 Å². The summed E-state index contributed by atoms with van der Waals surface area (Å²) >= 11 is 0. The Kier molecular flexibility index (Phi) is 9.04. The van der Waals surface area contributed by atoms with Crippen LogP contribution in [0.5, 0.6) is 0 Å². The van der Waals surface area contributed by atoms with Crippen LogP contribution in [0.1, 0.15) is 61.5 Å². The van der Waals surface area contributed by atoms with Crippen LogP contribution in [0.3, 0.4) is 0 Å². The molecule has 6 heteroatoms. The molecule has 1 heterocycles. The Labute approximate surface area is 194 Å². The third-order valence-corrected chi connectivity index (χ3v) is 5.76. The number of anilines is 1. The summed E-state index contributed by atoms with van der Waals surface area (Å²) in [5.74, 6) is -1.50. The van der Waals surface area contributed by atoms with Gasteiger partial charge in [-0.1, -0.05) is 57.2 Å². The SMILES string of the molecule is CCCCCCCCn1cc(-c2ccc(NCc3ccc(F)cc3F)cc2)cc1C(=O)OC. The van der Waals surface area contributed by atoms with Gasteiger partial charge in [0.15, 0.2) is 0 Å². The maximum atomic E-state index is 13.8. The average molecular weight is 455 g/mol. The molecule has 1 aromatic heterocycles. The van der Waals surface area contributed by atoms with Crippen molar-refractivity contribution < 1.29 is 18.3 Å². The first-order chi connectivity index (χ1) is 16.0. The highest BCUT2D eigenvalue weighted by Crippen LogP contribution is 2.25. The van der Waals surface area contributed by atoms with Crippen LogP contribution in [0, 0.1) is 11.6 Å². The minimum atomic E-state index is -0.588. The molecule has 0 saturated heterocycles. The van der Waals surface area contributed by atoms with E-state index < -0.39 is 11.6 Å². The summed E-state index contributed by atoms with van der Waals surface area (Å²) in [5, 5.41) is 3.15. The third-order valence-electron chi connectivity index (χ3n) is 5.76. The van der Waals surface area contributed by atoms with Crippen molar-refractivity contribution in [1.82, 2.24) is 4.57 Å². The lowest BCUT2D eigenvalue weighted by Crippen LogP contribution is -2.10. The highest BCUT2D eigenvalue weighted by atomic mass is 19.1. The topological polar surface area (TPSA) is 43.3 Å². The van der Waals surface area contributed by atoms with Gasteiger partial charge < -0.3 is 14.6 Å². The second-order valence-electron chi connectivity index (χ2n) is 8.23. The fourth-order valence-electron chi connectivity index (χ4n) is 3.83. The number of esters is 1. The molecule has 176 valence electrons. The molecule has 4 nitrogen and oxygen atoms in total. The van der Waals surface area contributed by atoms with Gasteiger partial charge in [-0.25, -0.2) is 13.6 Å². The lowest BCUT2D eigenvalue weighted by atomic mass is 10.1. The standard InChI is InChI=1S/C27H32F2N2O2/c1-3-4-5-6-7-8-15-31-19-22(16-26(31)27(32)33-2)20-10-13-24(14-11-20)30-18-21-9-12-23(28)17-25(21)29/h9-14,16-17,19,30H,3-8,15,18H2,1-2H3. The lowest BCUT2D eigenvalue weighted by Gasteiger charge is -2.08. The van der Waals surface area contributed by atoms with Crippen LogP contribution in [0.25, 0.3) is 11.1 Å². The Morgan fingerprint density at radius 3 is 2.36 bits per heavy atom. The van der Waals surface area contributed by atoms with Crippen molar-refractivity contribution in [2.75, 3.05) is 12.4 Å². The molecule has 0 fully saturated rings. The van der Waals surface area contributed by atoms with Crippen molar-refractivity contribution in [2.45, 2.75) is 58.5 Å². The first kappa shape index (κ1) is 24.5. The van der Waals surface area contributed by atoms with Gasteiger partial charge in [-0.3, -0.25) is 0 Å². The number of hydrogen-bond acceptors (Lipinski definition) is 3. The van der Waals surface area contributed by atoms with E-state index in [4.69, 9.17) is 4.74 Å². The molecule has 0 unspecified atom stereocenters. The summed E-state index contributed by atoms with van der Waals surface area (Å²) < 4.78 is 33.8. The van der Waals surface area contributed by atoms with Gasteiger partial charge in [-0.2, -0.15) is 0 Å². The third kappa shape index (κ3) is 6.91. The van der Waals surface area contributed by atoms with E-state index in [0.717, 1.165) is 42.3 Å². The van der Waals surface area contributed by atoms with E-state index in [1.165, 1.54) is 44.9 Å². The second-order valence-corrected chi connectivity index (χ2v) is 8.23. The second kappa shape index (κ2) is 12.2. The van der Waals surface area contributed by atoms with Crippen molar-refractivity contribution in [3.8, 4) is 11.1 Å². The van der Waals surface area contributed by atoms with Crippen LogP contribution in [0.15, 0.2) is 54.7 Å². The molecule has 2 aromatic carbocycles. The molecule has 3 rings (SSSR count). The maximum absolute atomic E-state index is 13.8. The summed E-state index contributed by atoms with van der Waals surface area (Å²) in [6.07, 6.45) is 9.12. The van der Waals surface area contributed by atoms with Crippen molar-refractivity contribution in [3.63, 3.8) is 0 Å². The quantitative estimate of drug-likeness (QED) is 0.233. The zero-order valence-corrected chi connectivity index (χ0v) is 19.4. The number of rotatable bonds is 12. The Morgan fingerprint density at radius 1 is 0.939 bits per heavy atom. The van der Waals surface area contributed by atoms with Crippen molar-refractivity contribution in [2.24, 2.45) is 0 Å². The van der Waals surface area contributed by atoms with Gasteiger partial charge in [0, 0.05) is 42.2 Å². The molecule has 3 aromatic rings. The summed E-state index contributed by atoms with van der Waals surface area (Å²) in [7, 11) is 1.40. The molecule has 0 amide bonds. The van der Waals surface area contributed by atoms with Gasteiger partial charge in [0.25, 0.3) is 0 Å². The van der Waals surface area contributed by atoms with Gasteiger partial charge in [-0.15, -0.1) is 0 Å². The van der Waals surface area contributed by atoms with Crippen LogP contribution in [-0.2, 0) is 17.8 Å². The average Bonchev–Trinajstić information content (AvgIpc) is 3.25. The van der Waals surface area contributed by atoms with Crippen molar-refractivity contribution in [3.05, 3.63) is 77.6 Å². The number of methoxy groups -OCH3 is 1. The number of ether oxygens (including phenoxy) is 1. The van der Waals surface area contributed by atoms with Crippen LogP contribution >= 0.6 is 0 Å². The Bertz CT molecular complexity index is 1040. The summed E-state index contributed by atoms with van der Waals surface area (Å²) in [5.41, 5.74) is 3.69. The van der Waals surface area contributed by atoms with Crippen LogP contribution in [0.4, 0.5) is 14.5 Å². The molecular formula is C27H32F2N2O2. The predicted octanol–water partition coefficient (Wildman–Crippen LogP) is 7.19. The monoisotopic (exact) mass is 454 g/mol. The molecule has 1 N–H and O–H groups in total. The Hall–Kier alpha value is -3.15. The predicted molar refractivity (Wildman–Crippen MR) is 128 cm³/mol. The largest absolute Gasteiger partial charge is 0.464 e. The first-order valence-corrected chi connectivity index (χ1v) is 11.6. The van der Waals surface area contributed by atoms with Crippen LogP contribution in [-0.4, -0.2) is 17.6 Å². The molecule has 0 aliphatic heterocycles. The molecule has 0 radical (unpaired) electrons. The highest BCUT2D eigenvalue weighted by molar-refractivity contribution is 5.89. The van der Waals surface area contributed by atoms with E-state index in [-0.39, 0.29) is 12.5 Å². The first-order valence-electron chi connectivity index (χ1n) is 11.6. The highest BCUT2D eigenvalue weighted by Gasteiger charge is 2.15. The van der Waals surface area contributed by atoms with E-state index >= 15 is 0 Å². The van der Waals surface area contributed by atoms with E-state index in [1.54, 1.807) is 0 Å². The number of nitrogens with one attached hydrogen (secondary N) is 1. The number of unbranched alkanes of at least 4 members (excludes halogenated alkanes) is 5. The van der Waals surface area contributed by atoms with Crippen molar-refractivity contribution in [1.29, 1.82) is 0 Å². The van der Waals surface area contributed by atoms with E-state index in [0.29, 0.717) is 11.3 Å². The smallest absolute Gasteiger partial charge is 0.354 e. The summed E-state index contributed by atoms with van der Waals surface area (Å²) in [6.45, 7) is 3.24. The normalized spacial score (nSPS) is 10.9. The molecule has 0 aliphatic carbocycles. The van der Waals surface area contributed by atoms with Gasteiger partial charge in [0.05, 0.1) is 7.11 Å². The van der Waals surface area contributed by atoms with Gasteiger partial charge >= 0.3 is 5.97 Å². The molecule has 0 saturated carbocycles. The Morgan fingerprint density at radius 2 is 1.67 bits per heavy atom. The minimum Gasteiger partial charge on any atom is -0.464 e. The maximum Gasteiger partial charge on any atom is 0.354 e. The van der Waals surface area contributed by atoms with E-state index in [9.17, 15) is 13.6 Å². The van der Waals surface area contributed by atoms with Crippen LogP contribution in [0.2, 0.25) is 0 Å². The number of halogens is 2. The molecule has 0 atom stereocenters. The number of hydrogen-bond donors (Lipinski definition) is 1. The molecule has 0 bridgehead atoms. The molecular weight excluding hydrogens is 422 g/mol. The van der Waals surface area contributed by atoms with Gasteiger partial charge in [-0.05, 0) is 36.2 Å². The number of aromatic nitrogens is 1. The fourth-order valence-corrected chi connectivity index (χ4v) is 3.83. The summed E-state index contributed by atoms with van der Waals surface area (Å²) in [6, 6.07) is 13.1. The number of carbonyl (C=O) groups is 1. The fraction of sp³-hybridized carbons (Fsp3) is 0.370. The minimum absolute atomic E-state index is 0.257. The van der Waals surface area contributed by atoms with Gasteiger partial charge in [0.1, 0.15) is 17.3 Å². The Balaban J connectivity index is 1.65. The number of benzene rings is 2. The molecule has 0 aliphatic rings. The zero-order valence-electron chi connectivity index (χ0n) is 19.4. The number of carbonyl (C=O) groups excluding carboxylic acids is 1. The van der Waals surface area contributed by atoms with Gasteiger partial charge in [0.2, 0.25) is 0 Å². The molecule has 33 heavy (non-hydrogen) atoms. The number of aryl methyl sites for hydroxylation is 1. The number of nitrogens with zero attached hydrogens (tertiary/aromatic N) is 1.